The molecule has 0 N–H and O–H groups in total. The fraction of sp³-hybridized carbons (Fsp3) is 0.786. The normalized spacial score (nSPS) is 28.6. The zero-order valence-corrected chi connectivity index (χ0v) is 12.9. The second-order valence-electron chi connectivity index (χ2n) is 5.55. The van der Waals surface area contributed by atoms with Gasteiger partial charge in [0.15, 0.2) is 0 Å². The molecule has 1 fully saturated rings. The zero-order valence-electron chi connectivity index (χ0n) is 11.4. The van der Waals surface area contributed by atoms with E-state index in [4.69, 9.17) is 23.2 Å². The second kappa shape index (κ2) is 5.83. The van der Waals surface area contributed by atoms with Gasteiger partial charge in [0.05, 0.1) is 5.69 Å². The van der Waals surface area contributed by atoms with E-state index >= 15 is 0 Å². The van der Waals surface area contributed by atoms with Crippen molar-refractivity contribution in [3.05, 3.63) is 16.4 Å². The molecule has 2 rings (SSSR count). The number of alkyl halides is 1. The largest absolute Gasteiger partial charge is 0.257 e. The van der Waals surface area contributed by atoms with Gasteiger partial charge in [-0.2, -0.15) is 5.10 Å². The Morgan fingerprint density at radius 3 is 2.67 bits per heavy atom. The highest BCUT2D eigenvalue weighted by atomic mass is 35.5. The van der Waals surface area contributed by atoms with Crippen molar-refractivity contribution in [2.24, 2.45) is 18.9 Å². The summed E-state index contributed by atoms with van der Waals surface area (Å²) in [5, 5.41) is 5.45. The van der Waals surface area contributed by atoms with Crippen LogP contribution in [0.15, 0.2) is 0 Å². The minimum absolute atomic E-state index is 0.295. The van der Waals surface area contributed by atoms with Crippen molar-refractivity contribution in [3.8, 4) is 0 Å². The summed E-state index contributed by atoms with van der Waals surface area (Å²) in [4.78, 5) is 0. The molecular weight excluding hydrogens is 267 g/mol. The summed E-state index contributed by atoms with van der Waals surface area (Å²) < 4.78 is 1.76. The monoisotopic (exact) mass is 288 g/mol. The molecule has 4 heteroatoms. The quantitative estimate of drug-likeness (QED) is 0.756. The molecule has 1 aromatic heterocycles. The summed E-state index contributed by atoms with van der Waals surface area (Å²) in [5.41, 5.74) is 2.23. The summed E-state index contributed by atoms with van der Waals surface area (Å²) in [6.45, 7) is 4.31. The number of aromatic nitrogens is 2. The Labute approximate surface area is 120 Å². The Balaban J connectivity index is 2.11. The molecule has 0 aliphatic heterocycles. The van der Waals surface area contributed by atoms with Gasteiger partial charge in [-0.1, -0.05) is 24.9 Å². The summed E-state index contributed by atoms with van der Waals surface area (Å²) in [7, 11) is 1.90. The first-order chi connectivity index (χ1) is 8.52. The topological polar surface area (TPSA) is 17.8 Å². The maximum Gasteiger partial charge on any atom is 0.130 e. The predicted molar refractivity (Wildman–Crippen MR) is 77.4 cm³/mol. The molecule has 102 valence electrons. The molecule has 1 heterocycles. The highest BCUT2D eigenvalue weighted by Crippen LogP contribution is 2.37. The number of hydrogen-bond acceptors (Lipinski definition) is 1. The number of aryl methyl sites for hydroxylation is 2. The molecule has 1 saturated carbocycles. The van der Waals surface area contributed by atoms with Crippen molar-refractivity contribution >= 4 is 23.2 Å². The molecule has 2 nitrogen and oxygen atoms in total. The molecule has 3 unspecified atom stereocenters. The zero-order chi connectivity index (χ0) is 13.3. The van der Waals surface area contributed by atoms with Gasteiger partial charge in [0.1, 0.15) is 5.15 Å². The molecule has 3 atom stereocenters. The van der Waals surface area contributed by atoms with Gasteiger partial charge in [-0.25, -0.2) is 0 Å². The molecule has 1 aromatic rings. The third-order valence-corrected chi connectivity index (χ3v) is 5.36. The van der Waals surface area contributed by atoms with Crippen LogP contribution >= 0.6 is 23.2 Å². The average Bonchev–Trinajstić information content (AvgIpc) is 2.58. The van der Waals surface area contributed by atoms with E-state index in [1.807, 2.05) is 14.0 Å². The minimum Gasteiger partial charge on any atom is -0.257 e. The van der Waals surface area contributed by atoms with Gasteiger partial charge in [0.2, 0.25) is 0 Å². The van der Waals surface area contributed by atoms with Crippen LogP contribution < -0.4 is 0 Å². The maximum absolute atomic E-state index is 6.50. The second-order valence-corrected chi connectivity index (χ2v) is 6.46. The van der Waals surface area contributed by atoms with Crippen LogP contribution in [0.1, 0.15) is 43.9 Å². The van der Waals surface area contributed by atoms with Crippen molar-refractivity contribution in [2.75, 3.05) is 0 Å². The van der Waals surface area contributed by atoms with Crippen LogP contribution in [0.3, 0.4) is 0 Å². The van der Waals surface area contributed by atoms with E-state index < -0.39 is 0 Å². The Morgan fingerprint density at radius 1 is 1.39 bits per heavy atom. The molecule has 18 heavy (non-hydrogen) atoms. The Kier molecular flexibility index (Phi) is 4.60. The van der Waals surface area contributed by atoms with Crippen molar-refractivity contribution in [1.82, 2.24) is 9.78 Å². The van der Waals surface area contributed by atoms with E-state index in [9.17, 15) is 0 Å². The molecule has 0 saturated heterocycles. The summed E-state index contributed by atoms with van der Waals surface area (Å²) >= 11 is 12.8. The Morgan fingerprint density at radius 2 is 2.11 bits per heavy atom. The Bertz CT molecular complexity index is 414. The van der Waals surface area contributed by atoms with Crippen LogP contribution in [0.25, 0.3) is 0 Å². The number of hydrogen-bond donors (Lipinski definition) is 0. The van der Waals surface area contributed by atoms with Gasteiger partial charge in [-0.05, 0) is 44.4 Å². The highest BCUT2D eigenvalue weighted by Gasteiger charge is 2.30. The molecule has 0 radical (unpaired) electrons. The molecule has 1 aliphatic carbocycles. The van der Waals surface area contributed by atoms with E-state index in [0.717, 1.165) is 29.6 Å². The van der Waals surface area contributed by atoms with Crippen molar-refractivity contribution < 1.29 is 0 Å². The van der Waals surface area contributed by atoms with Crippen molar-refractivity contribution in [3.63, 3.8) is 0 Å². The smallest absolute Gasteiger partial charge is 0.130 e. The van der Waals surface area contributed by atoms with E-state index in [1.165, 1.54) is 24.8 Å². The standard InChI is InChI=1S/C14H22Cl2N2/c1-4-10-5-6-13(15)11(7-10)8-12-9(2)17-18(3)14(12)16/h10-11,13H,4-8H2,1-3H3. The SMILES string of the molecule is CCC1CCC(Cl)C(Cc2c(C)nn(C)c2Cl)C1. The molecule has 0 aromatic carbocycles. The van der Waals surface area contributed by atoms with Crippen LogP contribution in [0.5, 0.6) is 0 Å². The van der Waals surface area contributed by atoms with Gasteiger partial charge in [-0.3, -0.25) is 4.68 Å². The molecule has 0 spiro atoms. The molecule has 0 bridgehead atoms. The van der Waals surface area contributed by atoms with E-state index in [0.29, 0.717) is 11.3 Å². The summed E-state index contributed by atoms with van der Waals surface area (Å²) in [6, 6.07) is 0. The lowest BCUT2D eigenvalue weighted by Crippen LogP contribution is -2.27. The summed E-state index contributed by atoms with van der Waals surface area (Å²) in [6.07, 6.45) is 5.89. The van der Waals surface area contributed by atoms with E-state index in [-0.39, 0.29) is 0 Å². The van der Waals surface area contributed by atoms with Crippen LogP contribution in [-0.2, 0) is 13.5 Å². The fourth-order valence-corrected chi connectivity index (χ4v) is 3.64. The number of halogens is 2. The number of nitrogens with zero attached hydrogens (tertiary/aromatic N) is 2. The lowest BCUT2D eigenvalue weighted by molar-refractivity contribution is 0.264. The lowest BCUT2D eigenvalue weighted by Gasteiger charge is -2.32. The lowest BCUT2D eigenvalue weighted by atomic mass is 9.77. The molecular formula is C14H22Cl2N2. The van der Waals surface area contributed by atoms with Gasteiger partial charge < -0.3 is 0 Å². The van der Waals surface area contributed by atoms with Crippen LogP contribution in [-0.4, -0.2) is 15.2 Å². The van der Waals surface area contributed by atoms with E-state index in [2.05, 4.69) is 12.0 Å². The first-order valence-electron chi connectivity index (χ1n) is 6.85. The van der Waals surface area contributed by atoms with Crippen LogP contribution in [0, 0.1) is 18.8 Å². The van der Waals surface area contributed by atoms with Crippen molar-refractivity contribution in [2.45, 2.75) is 51.3 Å². The van der Waals surface area contributed by atoms with Crippen LogP contribution in [0.4, 0.5) is 0 Å². The first-order valence-corrected chi connectivity index (χ1v) is 7.66. The van der Waals surface area contributed by atoms with Gasteiger partial charge in [0.25, 0.3) is 0 Å². The first kappa shape index (κ1) is 14.2. The van der Waals surface area contributed by atoms with Gasteiger partial charge in [-0.15, -0.1) is 11.6 Å². The van der Waals surface area contributed by atoms with Gasteiger partial charge >= 0.3 is 0 Å². The third kappa shape index (κ3) is 2.85. The summed E-state index contributed by atoms with van der Waals surface area (Å²) in [5.74, 6) is 1.38. The van der Waals surface area contributed by atoms with Gasteiger partial charge in [0, 0.05) is 18.0 Å². The highest BCUT2D eigenvalue weighted by molar-refractivity contribution is 6.30. The van der Waals surface area contributed by atoms with E-state index in [1.54, 1.807) is 4.68 Å². The molecule has 1 aliphatic rings. The molecule has 0 amide bonds. The fourth-order valence-electron chi connectivity index (χ4n) is 3.07. The van der Waals surface area contributed by atoms with Crippen molar-refractivity contribution in [1.29, 1.82) is 0 Å². The van der Waals surface area contributed by atoms with Crippen LogP contribution in [0.2, 0.25) is 5.15 Å². The minimum atomic E-state index is 0.295. The predicted octanol–water partition coefficient (Wildman–Crippen LogP) is 4.36. The third-order valence-electron chi connectivity index (χ3n) is 4.31. The number of rotatable bonds is 3. The Hall–Kier alpha value is -0.210. The maximum atomic E-state index is 6.50. The average molecular weight is 289 g/mol.